The van der Waals surface area contributed by atoms with Gasteiger partial charge in [0, 0.05) is 12.6 Å². The van der Waals surface area contributed by atoms with E-state index < -0.39 is 0 Å². The number of hydrogen-bond donors (Lipinski definition) is 1. The van der Waals surface area contributed by atoms with Crippen LogP contribution in [-0.4, -0.2) is 11.1 Å². The number of hydrogen-bond acceptors (Lipinski definition) is 2. The minimum Gasteiger partial charge on any atom is -0.330 e. The monoisotopic (exact) mass is 216 g/mol. The molecule has 1 heterocycles. The van der Waals surface area contributed by atoms with E-state index in [1.165, 1.54) is 0 Å². The summed E-state index contributed by atoms with van der Waals surface area (Å²) in [5.74, 6) is 0. The number of pyridine rings is 1. The lowest BCUT2D eigenvalue weighted by Gasteiger charge is -2.08. The summed E-state index contributed by atoms with van der Waals surface area (Å²) >= 11 is 0. The molecular weight excluding hydrogens is 200 g/mol. The van der Waals surface area contributed by atoms with Crippen LogP contribution in [0.1, 0.15) is 11.1 Å². The predicted molar refractivity (Wildman–Crippen MR) is 66.7 cm³/mol. The van der Waals surface area contributed by atoms with Crippen molar-refractivity contribution in [1.29, 1.82) is 0 Å². The molecule has 2 aromatic rings. The molecule has 3 heteroatoms. The molecule has 0 aliphatic carbocycles. The smallest absolute Gasteiger partial charge is 0.254 e. The summed E-state index contributed by atoms with van der Waals surface area (Å²) in [6.07, 6.45) is 0.635. The molecule has 0 unspecified atom stereocenters. The Morgan fingerprint density at radius 2 is 2.06 bits per heavy atom. The van der Waals surface area contributed by atoms with Gasteiger partial charge >= 0.3 is 0 Å². The van der Waals surface area contributed by atoms with Crippen LogP contribution < -0.4 is 11.3 Å². The van der Waals surface area contributed by atoms with Gasteiger partial charge in [-0.2, -0.15) is 0 Å². The Kier molecular flexibility index (Phi) is 2.79. The third-order valence-electron chi connectivity index (χ3n) is 2.87. The molecule has 0 saturated heterocycles. The van der Waals surface area contributed by atoms with Gasteiger partial charge in [-0.25, -0.2) is 0 Å². The predicted octanol–water partition coefficient (Wildman–Crippen LogP) is 1.35. The van der Waals surface area contributed by atoms with Crippen LogP contribution in [0.5, 0.6) is 0 Å². The summed E-state index contributed by atoms with van der Waals surface area (Å²) in [6, 6.07) is 8.08. The largest absolute Gasteiger partial charge is 0.330 e. The minimum absolute atomic E-state index is 0.0588. The van der Waals surface area contributed by atoms with E-state index in [2.05, 4.69) is 6.07 Å². The van der Waals surface area contributed by atoms with Crippen molar-refractivity contribution < 1.29 is 0 Å². The van der Waals surface area contributed by atoms with Crippen molar-refractivity contribution in [1.82, 2.24) is 4.57 Å². The minimum atomic E-state index is 0.0588. The SMILES string of the molecule is Cc1ccc2cc(CCN)c(=O)n(C)c2c1. The molecule has 16 heavy (non-hydrogen) atoms. The lowest BCUT2D eigenvalue weighted by atomic mass is 10.1. The van der Waals surface area contributed by atoms with Crippen LogP contribution in [0.3, 0.4) is 0 Å². The van der Waals surface area contributed by atoms with Gasteiger partial charge in [-0.15, -0.1) is 0 Å². The lowest BCUT2D eigenvalue weighted by molar-refractivity contribution is 0.856. The summed E-state index contributed by atoms with van der Waals surface area (Å²) < 4.78 is 1.70. The van der Waals surface area contributed by atoms with Crippen molar-refractivity contribution in [3.63, 3.8) is 0 Å². The van der Waals surface area contributed by atoms with Crippen LogP contribution in [0.2, 0.25) is 0 Å². The Labute approximate surface area is 94.5 Å². The van der Waals surface area contributed by atoms with Crippen LogP contribution >= 0.6 is 0 Å². The van der Waals surface area contributed by atoms with Gasteiger partial charge in [-0.05, 0) is 43.0 Å². The Balaban J connectivity index is 2.78. The molecule has 0 radical (unpaired) electrons. The van der Waals surface area contributed by atoms with E-state index >= 15 is 0 Å². The average Bonchev–Trinajstić information content (AvgIpc) is 2.27. The van der Waals surface area contributed by atoms with E-state index in [4.69, 9.17) is 5.73 Å². The first-order valence-electron chi connectivity index (χ1n) is 5.43. The van der Waals surface area contributed by atoms with Gasteiger partial charge in [-0.1, -0.05) is 12.1 Å². The third kappa shape index (κ3) is 1.74. The first kappa shape index (κ1) is 10.9. The maximum Gasteiger partial charge on any atom is 0.254 e. The third-order valence-corrected chi connectivity index (χ3v) is 2.87. The number of benzene rings is 1. The second-order valence-electron chi connectivity index (χ2n) is 4.13. The van der Waals surface area contributed by atoms with Gasteiger partial charge in [0.25, 0.3) is 5.56 Å². The first-order valence-corrected chi connectivity index (χ1v) is 5.43. The van der Waals surface area contributed by atoms with E-state index in [0.717, 1.165) is 22.0 Å². The summed E-state index contributed by atoms with van der Waals surface area (Å²) in [4.78, 5) is 12.0. The fourth-order valence-electron chi connectivity index (χ4n) is 1.98. The highest BCUT2D eigenvalue weighted by Crippen LogP contribution is 2.14. The topological polar surface area (TPSA) is 48.0 Å². The van der Waals surface area contributed by atoms with Crippen molar-refractivity contribution >= 4 is 10.9 Å². The van der Waals surface area contributed by atoms with Gasteiger partial charge in [-0.3, -0.25) is 4.79 Å². The number of fused-ring (bicyclic) bond motifs is 1. The standard InChI is InChI=1S/C13H16N2O/c1-9-3-4-10-8-11(5-6-14)13(16)15(2)12(10)7-9/h3-4,7-8H,5-6,14H2,1-2H3. The van der Waals surface area contributed by atoms with Crippen molar-refractivity contribution in [3.8, 4) is 0 Å². The van der Waals surface area contributed by atoms with Crippen LogP contribution in [0, 0.1) is 6.92 Å². The zero-order valence-electron chi connectivity index (χ0n) is 9.66. The van der Waals surface area contributed by atoms with Crippen molar-refractivity contribution in [3.05, 3.63) is 45.7 Å². The highest BCUT2D eigenvalue weighted by atomic mass is 16.1. The molecule has 1 aromatic heterocycles. The molecule has 2 N–H and O–H groups in total. The molecule has 84 valence electrons. The van der Waals surface area contributed by atoms with Crippen LogP contribution in [-0.2, 0) is 13.5 Å². The molecule has 0 aliphatic rings. The van der Waals surface area contributed by atoms with Gasteiger partial charge in [0.15, 0.2) is 0 Å². The van der Waals surface area contributed by atoms with Gasteiger partial charge < -0.3 is 10.3 Å². The van der Waals surface area contributed by atoms with Crippen LogP contribution in [0.25, 0.3) is 10.9 Å². The average molecular weight is 216 g/mol. The van der Waals surface area contributed by atoms with E-state index in [0.29, 0.717) is 13.0 Å². The van der Waals surface area contributed by atoms with Crippen molar-refractivity contribution in [2.24, 2.45) is 12.8 Å². The molecule has 0 saturated carbocycles. The Morgan fingerprint density at radius 1 is 1.31 bits per heavy atom. The van der Waals surface area contributed by atoms with Crippen molar-refractivity contribution in [2.45, 2.75) is 13.3 Å². The summed E-state index contributed by atoms with van der Waals surface area (Å²) in [7, 11) is 1.81. The van der Waals surface area contributed by atoms with Gasteiger partial charge in [0.05, 0.1) is 5.52 Å². The summed E-state index contributed by atoms with van der Waals surface area (Å²) in [5.41, 5.74) is 8.49. The Morgan fingerprint density at radius 3 is 2.75 bits per heavy atom. The van der Waals surface area contributed by atoms with E-state index in [1.54, 1.807) is 4.57 Å². The zero-order chi connectivity index (χ0) is 11.7. The summed E-state index contributed by atoms with van der Waals surface area (Å²) in [5, 5.41) is 1.09. The van der Waals surface area contributed by atoms with Crippen molar-refractivity contribution in [2.75, 3.05) is 6.54 Å². The second kappa shape index (κ2) is 4.10. The highest BCUT2D eigenvalue weighted by molar-refractivity contribution is 5.80. The molecule has 0 fully saturated rings. The maximum absolute atomic E-state index is 12.0. The number of nitrogens with two attached hydrogens (primary N) is 1. The lowest BCUT2D eigenvalue weighted by Crippen LogP contribution is -2.23. The Bertz CT molecular complexity index is 584. The number of aryl methyl sites for hydroxylation is 2. The molecule has 0 atom stereocenters. The van der Waals surface area contributed by atoms with E-state index in [-0.39, 0.29) is 5.56 Å². The maximum atomic E-state index is 12.0. The second-order valence-corrected chi connectivity index (χ2v) is 4.13. The Hall–Kier alpha value is -1.61. The molecule has 2 rings (SSSR count). The number of rotatable bonds is 2. The highest BCUT2D eigenvalue weighted by Gasteiger charge is 2.05. The molecule has 0 spiro atoms. The van der Waals surface area contributed by atoms with E-state index in [1.807, 2.05) is 32.2 Å². The van der Waals surface area contributed by atoms with Crippen LogP contribution in [0.4, 0.5) is 0 Å². The first-order chi connectivity index (χ1) is 7.63. The summed E-state index contributed by atoms with van der Waals surface area (Å²) in [6.45, 7) is 2.53. The van der Waals surface area contributed by atoms with Crippen LogP contribution in [0.15, 0.2) is 29.1 Å². The number of aromatic nitrogens is 1. The quantitative estimate of drug-likeness (QED) is 0.823. The molecule has 0 bridgehead atoms. The molecule has 1 aromatic carbocycles. The molecule has 0 aliphatic heterocycles. The normalized spacial score (nSPS) is 10.9. The fourth-order valence-corrected chi connectivity index (χ4v) is 1.98. The number of nitrogens with zero attached hydrogens (tertiary/aromatic N) is 1. The molecule has 0 amide bonds. The molecule has 3 nitrogen and oxygen atoms in total. The molecular formula is C13H16N2O. The fraction of sp³-hybridized carbons (Fsp3) is 0.308. The van der Waals surface area contributed by atoms with E-state index in [9.17, 15) is 4.79 Å². The van der Waals surface area contributed by atoms with Gasteiger partial charge in [0.1, 0.15) is 0 Å². The zero-order valence-corrected chi connectivity index (χ0v) is 9.66. The van der Waals surface area contributed by atoms with Gasteiger partial charge in [0.2, 0.25) is 0 Å².